The molecule has 1 aromatic carbocycles. The van der Waals surface area contributed by atoms with Crippen LogP contribution in [0.2, 0.25) is 10.0 Å². The summed E-state index contributed by atoms with van der Waals surface area (Å²) in [5, 5.41) is 5.38. The van der Waals surface area contributed by atoms with E-state index in [-0.39, 0.29) is 5.78 Å². The van der Waals surface area contributed by atoms with E-state index in [1.807, 2.05) is 6.92 Å². The Hall–Kier alpha value is -1.56. The summed E-state index contributed by atoms with van der Waals surface area (Å²) in [6, 6.07) is 5.22. The van der Waals surface area contributed by atoms with E-state index in [0.29, 0.717) is 33.8 Å². The third-order valence-electron chi connectivity index (χ3n) is 4.12. The van der Waals surface area contributed by atoms with Crippen molar-refractivity contribution < 1.29 is 9.53 Å². The minimum absolute atomic E-state index is 0.0818. The minimum Gasteiger partial charge on any atom is -0.475 e. The van der Waals surface area contributed by atoms with E-state index < -0.39 is 0 Å². The number of Topliss-reactive ketones (excluding diaryl/α,β-unsaturated/α-hetero) is 1. The molecule has 0 saturated heterocycles. The van der Waals surface area contributed by atoms with Crippen LogP contribution in [0.25, 0.3) is 5.69 Å². The van der Waals surface area contributed by atoms with E-state index >= 15 is 0 Å². The monoisotopic (exact) mass is 383 g/mol. The van der Waals surface area contributed by atoms with Crippen molar-refractivity contribution in [3.05, 3.63) is 39.5 Å². The Labute approximate surface area is 158 Å². The number of hydrogen-bond acceptors (Lipinski definition) is 4. The molecule has 25 heavy (non-hydrogen) atoms. The molecular weight excluding hydrogens is 361 g/mol. The first-order valence-electron chi connectivity index (χ1n) is 8.30. The lowest BCUT2D eigenvalue weighted by molar-refractivity contribution is 0.101. The van der Waals surface area contributed by atoms with Crippen LogP contribution < -0.4 is 4.74 Å². The Bertz CT molecular complexity index is 755. The van der Waals surface area contributed by atoms with Crippen molar-refractivity contribution in [2.24, 2.45) is 0 Å². The van der Waals surface area contributed by atoms with E-state index in [1.165, 1.54) is 6.92 Å². The molecule has 136 valence electrons. The second kappa shape index (κ2) is 8.70. The fourth-order valence-corrected chi connectivity index (χ4v) is 2.95. The Morgan fingerprint density at radius 3 is 2.48 bits per heavy atom. The highest BCUT2D eigenvalue weighted by molar-refractivity contribution is 6.42. The maximum Gasteiger partial charge on any atom is 0.244 e. The number of nitrogens with zero attached hydrogens (tertiary/aromatic N) is 3. The maximum absolute atomic E-state index is 12.1. The minimum atomic E-state index is -0.0818. The SMILES string of the molecule is CCN(CC)CCOc1nn(-c2ccc(Cl)c(Cl)c2)c(C)c1C(C)=O. The number of carbonyl (C=O) groups is 1. The predicted molar refractivity (Wildman–Crippen MR) is 102 cm³/mol. The van der Waals surface area contributed by atoms with E-state index in [1.54, 1.807) is 22.9 Å². The summed E-state index contributed by atoms with van der Waals surface area (Å²) >= 11 is 12.1. The molecule has 1 heterocycles. The quantitative estimate of drug-likeness (QED) is 0.633. The van der Waals surface area contributed by atoms with Crippen molar-refractivity contribution in [3.63, 3.8) is 0 Å². The van der Waals surface area contributed by atoms with Gasteiger partial charge in [-0.3, -0.25) is 4.79 Å². The molecule has 0 saturated carbocycles. The third-order valence-corrected chi connectivity index (χ3v) is 4.86. The number of ketones is 1. The average molecular weight is 384 g/mol. The highest BCUT2D eigenvalue weighted by Gasteiger charge is 2.21. The van der Waals surface area contributed by atoms with Crippen LogP contribution in [-0.4, -0.2) is 46.7 Å². The zero-order valence-corrected chi connectivity index (χ0v) is 16.5. The summed E-state index contributed by atoms with van der Waals surface area (Å²) in [5.41, 5.74) is 1.93. The molecule has 0 spiro atoms. The number of ether oxygens (including phenoxy) is 1. The van der Waals surface area contributed by atoms with Crippen molar-refractivity contribution >= 4 is 29.0 Å². The Morgan fingerprint density at radius 1 is 1.24 bits per heavy atom. The molecular formula is C18H23Cl2N3O2. The Balaban J connectivity index is 2.31. The van der Waals surface area contributed by atoms with Gasteiger partial charge in [0.25, 0.3) is 0 Å². The molecule has 0 radical (unpaired) electrons. The Kier molecular flexibility index (Phi) is 6.87. The summed E-state index contributed by atoms with van der Waals surface area (Å²) in [6.07, 6.45) is 0. The van der Waals surface area contributed by atoms with Gasteiger partial charge in [-0.15, -0.1) is 5.10 Å². The van der Waals surface area contributed by atoms with Crippen LogP contribution in [0.15, 0.2) is 18.2 Å². The van der Waals surface area contributed by atoms with Crippen LogP contribution in [0, 0.1) is 6.92 Å². The van der Waals surface area contributed by atoms with Crippen molar-refractivity contribution in [2.45, 2.75) is 27.7 Å². The molecule has 0 aliphatic rings. The molecule has 5 nitrogen and oxygen atoms in total. The van der Waals surface area contributed by atoms with Gasteiger partial charge in [0, 0.05) is 6.54 Å². The lowest BCUT2D eigenvalue weighted by Gasteiger charge is -2.17. The topological polar surface area (TPSA) is 47.4 Å². The van der Waals surface area contributed by atoms with Crippen LogP contribution in [0.1, 0.15) is 36.8 Å². The summed E-state index contributed by atoms with van der Waals surface area (Å²) in [7, 11) is 0. The Morgan fingerprint density at radius 2 is 1.92 bits per heavy atom. The van der Waals surface area contributed by atoms with Gasteiger partial charge in [0.2, 0.25) is 5.88 Å². The first kappa shape index (κ1) is 19.8. The molecule has 0 aliphatic heterocycles. The molecule has 0 bridgehead atoms. The number of benzene rings is 1. The van der Waals surface area contributed by atoms with Crippen LogP contribution in [0.4, 0.5) is 0 Å². The first-order valence-corrected chi connectivity index (χ1v) is 9.05. The highest BCUT2D eigenvalue weighted by Crippen LogP contribution is 2.28. The van der Waals surface area contributed by atoms with Crippen molar-refractivity contribution in [1.29, 1.82) is 0 Å². The van der Waals surface area contributed by atoms with Gasteiger partial charge in [0.05, 0.1) is 21.4 Å². The smallest absolute Gasteiger partial charge is 0.244 e. The molecule has 1 aromatic heterocycles. The van der Waals surface area contributed by atoms with Gasteiger partial charge in [-0.1, -0.05) is 37.0 Å². The number of likely N-dealkylation sites (N-methyl/N-ethyl adjacent to an activating group) is 1. The van der Waals surface area contributed by atoms with Gasteiger partial charge in [-0.25, -0.2) is 4.68 Å². The van der Waals surface area contributed by atoms with Gasteiger partial charge >= 0.3 is 0 Å². The second-order valence-electron chi connectivity index (χ2n) is 5.71. The molecule has 7 heteroatoms. The molecule has 0 unspecified atom stereocenters. The maximum atomic E-state index is 12.1. The van der Waals surface area contributed by atoms with Gasteiger partial charge in [-0.2, -0.15) is 0 Å². The molecule has 0 fully saturated rings. The fourth-order valence-electron chi connectivity index (χ4n) is 2.66. The van der Waals surface area contributed by atoms with Gasteiger partial charge in [0.15, 0.2) is 5.78 Å². The standard InChI is InChI=1S/C18H23Cl2N3O2/c1-5-22(6-2)9-10-25-18-17(13(4)24)12(3)23(21-18)14-7-8-15(19)16(20)11-14/h7-8,11H,5-6,9-10H2,1-4H3. The molecule has 0 N–H and O–H groups in total. The molecule has 0 amide bonds. The van der Waals surface area contributed by atoms with Crippen LogP contribution >= 0.6 is 23.2 Å². The summed E-state index contributed by atoms with van der Waals surface area (Å²) < 4.78 is 7.47. The zero-order chi connectivity index (χ0) is 18.6. The normalized spacial score (nSPS) is 11.2. The lowest BCUT2D eigenvalue weighted by atomic mass is 10.2. The van der Waals surface area contributed by atoms with Crippen LogP contribution in [0.5, 0.6) is 5.88 Å². The van der Waals surface area contributed by atoms with Crippen molar-refractivity contribution in [2.75, 3.05) is 26.2 Å². The summed E-state index contributed by atoms with van der Waals surface area (Å²) in [5.74, 6) is 0.268. The average Bonchev–Trinajstić information content (AvgIpc) is 2.91. The zero-order valence-electron chi connectivity index (χ0n) is 15.0. The van der Waals surface area contributed by atoms with E-state index in [4.69, 9.17) is 27.9 Å². The lowest BCUT2D eigenvalue weighted by Crippen LogP contribution is -2.28. The second-order valence-corrected chi connectivity index (χ2v) is 6.52. The third kappa shape index (κ3) is 4.54. The van der Waals surface area contributed by atoms with Gasteiger partial charge in [0.1, 0.15) is 12.2 Å². The van der Waals surface area contributed by atoms with Crippen molar-refractivity contribution in [1.82, 2.24) is 14.7 Å². The molecule has 0 atom stereocenters. The highest BCUT2D eigenvalue weighted by atomic mass is 35.5. The van der Waals surface area contributed by atoms with Crippen LogP contribution in [-0.2, 0) is 0 Å². The van der Waals surface area contributed by atoms with E-state index in [0.717, 1.165) is 25.3 Å². The number of rotatable bonds is 8. The summed E-state index contributed by atoms with van der Waals surface area (Å²) in [4.78, 5) is 14.3. The van der Waals surface area contributed by atoms with Gasteiger partial charge < -0.3 is 9.64 Å². The summed E-state index contributed by atoms with van der Waals surface area (Å²) in [6.45, 7) is 10.7. The number of aromatic nitrogens is 2. The van der Waals surface area contributed by atoms with E-state index in [2.05, 4.69) is 23.8 Å². The number of carbonyl (C=O) groups excluding carboxylic acids is 1. The molecule has 0 aliphatic carbocycles. The fraction of sp³-hybridized carbons (Fsp3) is 0.444. The van der Waals surface area contributed by atoms with Crippen LogP contribution in [0.3, 0.4) is 0 Å². The number of halogens is 2. The predicted octanol–water partition coefficient (Wildman–Crippen LogP) is 4.41. The van der Waals surface area contributed by atoms with Gasteiger partial charge in [-0.05, 0) is 45.1 Å². The first-order chi connectivity index (χ1) is 11.9. The van der Waals surface area contributed by atoms with E-state index in [9.17, 15) is 4.79 Å². The number of hydrogen-bond donors (Lipinski definition) is 0. The van der Waals surface area contributed by atoms with Crippen molar-refractivity contribution in [3.8, 4) is 11.6 Å². The molecule has 2 rings (SSSR count). The molecule has 2 aromatic rings. The largest absolute Gasteiger partial charge is 0.475 e.